The topological polar surface area (TPSA) is 81.2 Å². The van der Waals surface area contributed by atoms with Gasteiger partial charge in [0.1, 0.15) is 18.1 Å². The van der Waals surface area contributed by atoms with Crippen LogP contribution in [-0.2, 0) is 19.2 Å². The van der Waals surface area contributed by atoms with Gasteiger partial charge in [-0.1, -0.05) is 20.8 Å². The van der Waals surface area contributed by atoms with Gasteiger partial charge in [-0.3, -0.25) is 19.2 Å². The maximum absolute atomic E-state index is 13.0. The molecular weight excluding hydrogens is 348 g/mol. The van der Waals surface area contributed by atoms with Crippen LogP contribution in [0, 0.1) is 0 Å². The molecule has 0 rings (SSSR count). The van der Waals surface area contributed by atoms with Crippen LogP contribution >= 0.6 is 0 Å². The van der Waals surface area contributed by atoms with Crippen LogP contribution in [0.1, 0.15) is 47.0 Å². The highest BCUT2D eigenvalue weighted by molar-refractivity contribution is 5.93. The van der Waals surface area contributed by atoms with Gasteiger partial charge in [-0.2, -0.15) is 0 Å². The average Bonchev–Trinajstić information content (AvgIpc) is 2.62. The molecule has 0 heterocycles. The van der Waals surface area contributed by atoms with E-state index in [1.165, 1.54) is 26.5 Å². The van der Waals surface area contributed by atoms with Gasteiger partial charge < -0.3 is 19.6 Å². The predicted octanol–water partition coefficient (Wildman–Crippen LogP) is 0.806. The summed E-state index contributed by atoms with van der Waals surface area (Å²) in [5, 5.41) is 0. The maximum atomic E-state index is 13.0. The van der Waals surface area contributed by atoms with E-state index >= 15 is 0 Å². The van der Waals surface area contributed by atoms with Crippen molar-refractivity contribution in [2.45, 2.75) is 65.1 Å². The summed E-state index contributed by atoms with van der Waals surface area (Å²) in [4.78, 5) is 55.7. The molecule has 0 radical (unpaired) electrons. The molecule has 0 aliphatic heterocycles. The zero-order valence-electron chi connectivity index (χ0n) is 18.3. The molecule has 0 aliphatic carbocycles. The molecule has 8 heteroatoms. The number of carbonyl (C=O) groups is 4. The van der Waals surface area contributed by atoms with Crippen molar-refractivity contribution in [3.05, 3.63) is 0 Å². The minimum atomic E-state index is -0.694. The Morgan fingerprint density at radius 1 is 0.593 bits per heavy atom. The van der Waals surface area contributed by atoms with Crippen molar-refractivity contribution >= 4 is 23.6 Å². The lowest BCUT2D eigenvalue weighted by atomic mass is 10.1. The molecule has 0 aromatic carbocycles. The molecule has 0 aliphatic rings. The van der Waals surface area contributed by atoms with E-state index < -0.39 is 18.1 Å². The van der Waals surface area contributed by atoms with E-state index in [1.807, 2.05) is 20.8 Å². The zero-order valence-corrected chi connectivity index (χ0v) is 18.3. The van der Waals surface area contributed by atoms with Crippen LogP contribution in [0.15, 0.2) is 0 Å². The summed E-state index contributed by atoms with van der Waals surface area (Å²) in [6.45, 7) is 6.91. The van der Waals surface area contributed by atoms with Gasteiger partial charge >= 0.3 is 0 Å². The van der Waals surface area contributed by atoms with E-state index in [0.29, 0.717) is 19.3 Å². The van der Waals surface area contributed by atoms with Crippen molar-refractivity contribution in [3.63, 3.8) is 0 Å². The SMILES string of the molecule is CCC(C(=O)N(C)C(CC)C(=O)N(C)C(CC)C(=O)N(C)C)N(C)C(C)=O. The summed E-state index contributed by atoms with van der Waals surface area (Å²) in [6, 6.07) is -1.89. The fourth-order valence-corrected chi connectivity index (χ4v) is 3.14. The predicted molar refractivity (Wildman–Crippen MR) is 105 cm³/mol. The van der Waals surface area contributed by atoms with Gasteiger partial charge in [0.2, 0.25) is 23.6 Å². The lowest BCUT2D eigenvalue weighted by molar-refractivity contribution is -0.152. The Morgan fingerprint density at radius 3 is 1.15 bits per heavy atom. The van der Waals surface area contributed by atoms with Crippen molar-refractivity contribution in [3.8, 4) is 0 Å². The lowest BCUT2D eigenvalue weighted by Crippen LogP contribution is -2.57. The van der Waals surface area contributed by atoms with Gasteiger partial charge in [-0.25, -0.2) is 0 Å². The molecule has 0 spiro atoms. The molecule has 156 valence electrons. The fraction of sp³-hybridized carbons (Fsp3) is 0.789. The molecule has 0 aromatic rings. The number of carbonyl (C=O) groups excluding carboxylic acids is 4. The number of hydrogen-bond donors (Lipinski definition) is 0. The van der Waals surface area contributed by atoms with Crippen LogP contribution in [0.2, 0.25) is 0 Å². The van der Waals surface area contributed by atoms with Crippen LogP contribution in [0.4, 0.5) is 0 Å². The second-order valence-electron chi connectivity index (χ2n) is 7.03. The van der Waals surface area contributed by atoms with Crippen LogP contribution in [0.5, 0.6) is 0 Å². The number of hydrogen-bond acceptors (Lipinski definition) is 4. The Morgan fingerprint density at radius 2 is 0.889 bits per heavy atom. The van der Waals surface area contributed by atoms with Crippen molar-refractivity contribution in [2.75, 3.05) is 35.2 Å². The highest BCUT2D eigenvalue weighted by atomic mass is 16.2. The Kier molecular flexibility index (Phi) is 10.0. The van der Waals surface area contributed by atoms with E-state index in [0.717, 1.165) is 0 Å². The van der Waals surface area contributed by atoms with E-state index in [2.05, 4.69) is 0 Å². The normalized spacial score (nSPS) is 14.0. The highest BCUT2D eigenvalue weighted by Crippen LogP contribution is 2.15. The molecular formula is C19H36N4O4. The molecule has 0 saturated carbocycles. The summed E-state index contributed by atoms with van der Waals surface area (Å²) in [5.74, 6) is -0.922. The second-order valence-corrected chi connectivity index (χ2v) is 7.03. The summed E-state index contributed by atoms with van der Waals surface area (Å²) in [7, 11) is 8.06. The van der Waals surface area contributed by atoms with E-state index in [-0.39, 0.29) is 23.6 Å². The minimum Gasteiger partial charge on any atom is -0.347 e. The quantitative estimate of drug-likeness (QED) is 0.589. The van der Waals surface area contributed by atoms with Crippen LogP contribution in [0.3, 0.4) is 0 Å². The first kappa shape index (κ1) is 24.9. The van der Waals surface area contributed by atoms with E-state index in [4.69, 9.17) is 0 Å². The molecule has 4 amide bonds. The molecule has 27 heavy (non-hydrogen) atoms. The molecule has 0 fully saturated rings. The maximum Gasteiger partial charge on any atom is 0.245 e. The lowest BCUT2D eigenvalue weighted by Gasteiger charge is -2.36. The Labute approximate surface area is 163 Å². The van der Waals surface area contributed by atoms with Crippen molar-refractivity contribution in [1.82, 2.24) is 19.6 Å². The van der Waals surface area contributed by atoms with Gasteiger partial charge in [-0.15, -0.1) is 0 Å². The largest absolute Gasteiger partial charge is 0.347 e. The van der Waals surface area contributed by atoms with Gasteiger partial charge in [0.05, 0.1) is 0 Å². The van der Waals surface area contributed by atoms with Crippen molar-refractivity contribution < 1.29 is 19.2 Å². The first-order valence-electron chi connectivity index (χ1n) is 9.43. The second kappa shape index (κ2) is 10.9. The Bertz CT molecular complexity index is 550. The highest BCUT2D eigenvalue weighted by Gasteiger charge is 2.36. The number of amides is 4. The molecule has 0 aromatic heterocycles. The number of nitrogens with zero attached hydrogens (tertiary/aromatic N) is 4. The summed E-state index contributed by atoms with van der Waals surface area (Å²) in [5.41, 5.74) is 0. The minimum absolute atomic E-state index is 0.153. The molecule has 3 atom stereocenters. The average molecular weight is 385 g/mol. The van der Waals surface area contributed by atoms with E-state index in [1.54, 1.807) is 35.2 Å². The molecule has 0 saturated heterocycles. The monoisotopic (exact) mass is 384 g/mol. The van der Waals surface area contributed by atoms with Crippen LogP contribution in [0.25, 0.3) is 0 Å². The summed E-state index contributed by atoms with van der Waals surface area (Å²) in [6.07, 6.45) is 1.35. The first-order chi connectivity index (χ1) is 12.5. The number of likely N-dealkylation sites (N-methyl/N-ethyl adjacent to an activating group) is 4. The third-order valence-electron chi connectivity index (χ3n) is 5.05. The van der Waals surface area contributed by atoms with Crippen molar-refractivity contribution in [2.24, 2.45) is 0 Å². The van der Waals surface area contributed by atoms with Gasteiger partial charge in [0.25, 0.3) is 0 Å². The van der Waals surface area contributed by atoms with Crippen LogP contribution in [-0.4, -0.2) is 96.6 Å². The molecule has 0 N–H and O–H groups in total. The number of rotatable bonds is 9. The third-order valence-corrected chi connectivity index (χ3v) is 5.05. The Balaban J connectivity index is 5.54. The zero-order chi connectivity index (χ0) is 21.5. The van der Waals surface area contributed by atoms with Crippen LogP contribution < -0.4 is 0 Å². The Hall–Kier alpha value is -2.12. The standard InChI is InChI=1S/C19H36N4O4/c1-10-14(17(25)20(5)6)22(8)19(27)16(12-3)23(9)18(26)15(11-2)21(7)13(4)24/h14-16H,10-12H2,1-9H3. The van der Waals surface area contributed by atoms with Crippen molar-refractivity contribution in [1.29, 1.82) is 0 Å². The van der Waals surface area contributed by atoms with Gasteiger partial charge in [0, 0.05) is 42.2 Å². The third kappa shape index (κ3) is 5.94. The molecule has 0 bridgehead atoms. The van der Waals surface area contributed by atoms with Gasteiger partial charge in [0.15, 0.2) is 0 Å². The van der Waals surface area contributed by atoms with E-state index in [9.17, 15) is 19.2 Å². The molecule has 8 nitrogen and oxygen atoms in total. The smallest absolute Gasteiger partial charge is 0.245 e. The summed E-state index contributed by atoms with van der Waals surface area (Å²) < 4.78 is 0. The fourth-order valence-electron chi connectivity index (χ4n) is 3.14. The first-order valence-corrected chi connectivity index (χ1v) is 9.43. The molecule has 3 unspecified atom stereocenters. The van der Waals surface area contributed by atoms with Gasteiger partial charge in [-0.05, 0) is 19.3 Å². The summed E-state index contributed by atoms with van der Waals surface area (Å²) >= 11 is 0.